The smallest absolute Gasteiger partial charge is 0.274 e. The normalized spacial score (nSPS) is 13.8. The number of hydrogen-bond donors (Lipinski definition) is 1. The molecule has 1 fully saturated rings. The van der Waals surface area contributed by atoms with Crippen LogP contribution in [0.1, 0.15) is 40.6 Å². The first-order chi connectivity index (χ1) is 13.6. The van der Waals surface area contributed by atoms with Crippen molar-refractivity contribution in [3.8, 4) is 5.69 Å². The summed E-state index contributed by atoms with van der Waals surface area (Å²) in [7, 11) is 1.86. The first kappa shape index (κ1) is 16.7. The molecule has 7 nitrogen and oxygen atoms in total. The van der Waals surface area contributed by atoms with Crippen LogP contribution in [-0.4, -0.2) is 30.5 Å². The first-order valence-corrected chi connectivity index (χ1v) is 9.36. The highest BCUT2D eigenvalue weighted by Gasteiger charge is 2.29. The lowest BCUT2D eigenvalue weighted by atomic mass is 10.2. The molecule has 0 bridgehead atoms. The lowest BCUT2D eigenvalue weighted by molar-refractivity contribution is 0.101. The number of nitrogens with zero attached hydrogens (tertiary/aromatic N) is 5. The standard InChI is InChI=1S/C21H20N6O/c1-13-17-10-15(12-22-20(17)26(2)24-13)23-21(28)19-11-18(14-8-9-14)25-27(19)16-6-4-3-5-7-16/h3-7,10-12,14H,8-9H2,1-2H3,(H,23,28). The molecule has 0 saturated heterocycles. The number of pyridine rings is 1. The number of rotatable bonds is 4. The predicted octanol–water partition coefficient (Wildman–Crippen LogP) is 3.59. The fourth-order valence-electron chi connectivity index (χ4n) is 3.48. The Bertz CT molecular complexity index is 1190. The SMILES string of the molecule is Cc1nn(C)c2ncc(NC(=O)c3cc(C4CC4)nn3-c3ccccc3)cc12. The number of aryl methyl sites for hydroxylation is 2. The molecular weight excluding hydrogens is 352 g/mol. The molecule has 3 aromatic heterocycles. The van der Waals surface area contributed by atoms with Gasteiger partial charge in [0.15, 0.2) is 5.65 Å². The average molecular weight is 372 g/mol. The molecular formula is C21H20N6O. The zero-order chi connectivity index (χ0) is 19.3. The summed E-state index contributed by atoms with van der Waals surface area (Å²) >= 11 is 0. The minimum Gasteiger partial charge on any atom is -0.319 e. The van der Waals surface area contributed by atoms with Crippen molar-refractivity contribution in [2.45, 2.75) is 25.7 Å². The van der Waals surface area contributed by atoms with Gasteiger partial charge < -0.3 is 5.32 Å². The van der Waals surface area contributed by atoms with Gasteiger partial charge in [0.1, 0.15) is 5.69 Å². The molecule has 3 heterocycles. The topological polar surface area (TPSA) is 77.6 Å². The van der Waals surface area contributed by atoms with E-state index in [0.717, 1.165) is 41.0 Å². The number of hydrogen-bond acceptors (Lipinski definition) is 4. The van der Waals surface area contributed by atoms with E-state index in [0.29, 0.717) is 17.3 Å². The Kier molecular flexibility index (Phi) is 3.75. The molecule has 0 unspecified atom stereocenters. The van der Waals surface area contributed by atoms with Crippen molar-refractivity contribution in [3.63, 3.8) is 0 Å². The fourth-order valence-corrected chi connectivity index (χ4v) is 3.48. The fraction of sp³-hybridized carbons (Fsp3) is 0.238. The highest BCUT2D eigenvalue weighted by molar-refractivity contribution is 6.04. The molecule has 1 aliphatic carbocycles. The molecule has 1 saturated carbocycles. The van der Waals surface area contributed by atoms with E-state index in [1.807, 2.05) is 56.4 Å². The Balaban J connectivity index is 1.50. The van der Waals surface area contributed by atoms with Crippen LogP contribution in [0, 0.1) is 6.92 Å². The summed E-state index contributed by atoms with van der Waals surface area (Å²) in [6.45, 7) is 1.93. The number of fused-ring (bicyclic) bond motifs is 1. The van der Waals surface area contributed by atoms with Gasteiger partial charge in [-0.15, -0.1) is 0 Å². The van der Waals surface area contributed by atoms with Gasteiger partial charge >= 0.3 is 0 Å². The summed E-state index contributed by atoms with van der Waals surface area (Å²) < 4.78 is 3.47. The molecule has 1 amide bonds. The molecule has 4 aromatic rings. The molecule has 140 valence electrons. The second-order valence-electron chi connectivity index (χ2n) is 7.23. The zero-order valence-electron chi connectivity index (χ0n) is 15.8. The van der Waals surface area contributed by atoms with Gasteiger partial charge in [-0.05, 0) is 44.0 Å². The molecule has 0 radical (unpaired) electrons. The maximum Gasteiger partial charge on any atom is 0.274 e. The molecule has 0 aliphatic heterocycles. The first-order valence-electron chi connectivity index (χ1n) is 9.36. The van der Waals surface area contributed by atoms with Crippen molar-refractivity contribution in [2.75, 3.05) is 5.32 Å². The largest absolute Gasteiger partial charge is 0.319 e. The number of aromatic nitrogens is 5. The van der Waals surface area contributed by atoms with Crippen molar-refractivity contribution in [3.05, 3.63) is 65.7 Å². The summed E-state index contributed by atoms with van der Waals surface area (Å²) in [4.78, 5) is 17.5. The van der Waals surface area contributed by atoms with Crippen LogP contribution < -0.4 is 5.32 Å². The highest BCUT2D eigenvalue weighted by Crippen LogP contribution is 2.39. The molecule has 28 heavy (non-hydrogen) atoms. The third-order valence-electron chi connectivity index (χ3n) is 5.08. The van der Waals surface area contributed by atoms with Crippen molar-refractivity contribution in [2.24, 2.45) is 7.05 Å². The Morgan fingerprint density at radius 2 is 1.93 bits per heavy atom. The van der Waals surface area contributed by atoms with Gasteiger partial charge in [0.05, 0.1) is 29.0 Å². The average Bonchev–Trinajstić information content (AvgIpc) is 3.39. The van der Waals surface area contributed by atoms with Crippen LogP contribution in [0.2, 0.25) is 0 Å². The number of carbonyl (C=O) groups is 1. The number of anilines is 1. The molecule has 1 aromatic carbocycles. The van der Waals surface area contributed by atoms with Crippen molar-refractivity contribution in [1.82, 2.24) is 24.5 Å². The van der Waals surface area contributed by atoms with Gasteiger partial charge in [-0.25, -0.2) is 9.67 Å². The van der Waals surface area contributed by atoms with Crippen molar-refractivity contribution in [1.29, 1.82) is 0 Å². The summed E-state index contributed by atoms with van der Waals surface area (Å²) in [5.41, 5.74) is 4.69. The van der Waals surface area contributed by atoms with Gasteiger partial charge in [-0.1, -0.05) is 18.2 Å². The van der Waals surface area contributed by atoms with Gasteiger partial charge in [-0.3, -0.25) is 9.48 Å². The third-order valence-corrected chi connectivity index (χ3v) is 5.08. The minimum absolute atomic E-state index is 0.203. The Hall–Kier alpha value is -3.48. The van der Waals surface area contributed by atoms with Gasteiger partial charge in [0.2, 0.25) is 0 Å². The van der Waals surface area contributed by atoms with Gasteiger partial charge in [0, 0.05) is 18.4 Å². The Morgan fingerprint density at radius 3 is 2.68 bits per heavy atom. The highest BCUT2D eigenvalue weighted by atomic mass is 16.2. The number of benzene rings is 1. The van der Waals surface area contributed by atoms with E-state index in [2.05, 4.69) is 15.4 Å². The quantitative estimate of drug-likeness (QED) is 0.594. The van der Waals surface area contributed by atoms with Crippen LogP contribution in [0.4, 0.5) is 5.69 Å². The number of nitrogens with one attached hydrogen (secondary N) is 1. The van der Waals surface area contributed by atoms with Gasteiger partial charge in [0.25, 0.3) is 5.91 Å². The molecule has 7 heteroatoms. The molecule has 5 rings (SSSR count). The number of amides is 1. The summed E-state index contributed by atoms with van der Waals surface area (Å²) in [5.74, 6) is 0.263. The molecule has 1 N–H and O–H groups in total. The van der Waals surface area contributed by atoms with E-state index in [-0.39, 0.29) is 5.91 Å². The van der Waals surface area contributed by atoms with Crippen LogP contribution in [0.5, 0.6) is 0 Å². The van der Waals surface area contributed by atoms with E-state index >= 15 is 0 Å². The van der Waals surface area contributed by atoms with Crippen molar-refractivity contribution >= 4 is 22.6 Å². The second-order valence-corrected chi connectivity index (χ2v) is 7.23. The summed E-state index contributed by atoms with van der Waals surface area (Å²) in [6, 6.07) is 13.6. The van der Waals surface area contributed by atoms with E-state index in [1.54, 1.807) is 15.6 Å². The predicted molar refractivity (Wildman–Crippen MR) is 107 cm³/mol. The molecule has 0 spiro atoms. The number of para-hydroxylation sites is 1. The van der Waals surface area contributed by atoms with E-state index in [4.69, 9.17) is 5.10 Å². The van der Waals surface area contributed by atoms with Crippen molar-refractivity contribution < 1.29 is 4.79 Å². The maximum absolute atomic E-state index is 13.1. The number of carbonyl (C=O) groups excluding carboxylic acids is 1. The van der Waals surface area contributed by atoms with E-state index in [9.17, 15) is 4.79 Å². The monoisotopic (exact) mass is 372 g/mol. The second kappa shape index (κ2) is 6.30. The minimum atomic E-state index is -0.203. The van der Waals surface area contributed by atoms with Crippen LogP contribution >= 0.6 is 0 Å². The maximum atomic E-state index is 13.1. The van der Waals surface area contributed by atoms with E-state index < -0.39 is 0 Å². The summed E-state index contributed by atoms with van der Waals surface area (Å²) in [6.07, 6.45) is 3.92. The van der Waals surface area contributed by atoms with Gasteiger partial charge in [-0.2, -0.15) is 10.2 Å². The lowest BCUT2D eigenvalue weighted by Crippen LogP contribution is -2.17. The zero-order valence-corrected chi connectivity index (χ0v) is 15.8. The Morgan fingerprint density at radius 1 is 1.14 bits per heavy atom. The van der Waals surface area contributed by atoms with E-state index in [1.165, 1.54) is 0 Å². The Labute approximate surface area is 162 Å². The molecule has 1 aliphatic rings. The summed E-state index contributed by atoms with van der Waals surface area (Å²) in [5, 5.41) is 13.0. The lowest BCUT2D eigenvalue weighted by Gasteiger charge is -2.08. The third kappa shape index (κ3) is 2.85. The molecule has 0 atom stereocenters. The van der Waals surface area contributed by atoms with Crippen LogP contribution in [0.3, 0.4) is 0 Å². The van der Waals surface area contributed by atoms with Crippen LogP contribution in [-0.2, 0) is 7.05 Å². The van der Waals surface area contributed by atoms with Crippen LogP contribution in [0.15, 0.2) is 48.7 Å². The van der Waals surface area contributed by atoms with Crippen LogP contribution in [0.25, 0.3) is 16.7 Å².